The predicted octanol–water partition coefficient (Wildman–Crippen LogP) is 2.72. The van der Waals surface area contributed by atoms with Crippen molar-refractivity contribution in [2.75, 3.05) is 39.6 Å². The van der Waals surface area contributed by atoms with Crippen LogP contribution in [0, 0.1) is 0 Å². The monoisotopic (exact) mass is 386 g/mol. The lowest BCUT2D eigenvalue weighted by Crippen LogP contribution is -2.47. The Hall–Kier alpha value is -2.31. The average Bonchev–Trinajstić information content (AvgIpc) is 3.16. The minimum atomic E-state index is 0.0955. The number of piperazine rings is 1. The first kappa shape index (κ1) is 20.4. The Morgan fingerprint density at radius 1 is 1.11 bits per heavy atom. The van der Waals surface area contributed by atoms with Crippen molar-refractivity contribution < 1.29 is 19.4 Å². The van der Waals surface area contributed by atoms with Crippen molar-refractivity contribution in [2.45, 2.75) is 33.2 Å². The fraction of sp³-hybridized carbons (Fsp3) is 0.500. The molecule has 1 saturated heterocycles. The lowest BCUT2D eigenvalue weighted by atomic mass is 10.1. The summed E-state index contributed by atoms with van der Waals surface area (Å²) in [6, 6.07) is 6.07. The van der Waals surface area contributed by atoms with Crippen LogP contribution >= 0.6 is 0 Å². The van der Waals surface area contributed by atoms with Crippen LogP contribution in [-0.4, -0.2) is 60.4 Å². The van der Waals surface area contributed by atoms with Gasteiger partial charge in [-0.2, -0.15) is 0 Å². The van der Waals surface area contributed by atoms with Crippen molar-refractivity contribution in [3.05, 3.63) is 47.1 Å². The molecule has 1 aromatic rings. The van der Waals surface area contributed by atoms with Gasteiger partial charge in [-0.3, -0.25) is 9.69 Å². The maximum atomic E-state index is 12.5. The zero-order chi connectivity index (χ0) is 19.9. The van der Waals surface area contributed by atoms with Crippen molar-refractivity contribution >= 4 is 5.91 Å². The van der Waals surface area contributed by atoms with Crippen LogP contribution in [0.5, 0.6) is 11.5 Å². The Kier molecular flexibility index (Phi) is 7.12. The van der Waals surface area contributed by atoms with Gasteiger partial charge in [-0.05, 0) is 44.4 Å². The SMILES string of the molecule is C/C(=C\CC/C(C)=C/C(=O)N1CCN(Cc2ccc3c(c2)OCO3)CC1)CO. The van der Waals surface area contributed by atoms with Crippen LogP contribution in [0.2, 0.25) is 0 Å². The number of ether oxygens (including phenoxy) is 2. The van der Waals surface area contributed by atoms with E-state index in [1.165, 1.54) is 5.56 Å². The number of hydrogen-bond donors (Lipinski definition) is 1. The van der Waals surface area contributed by atoms with Crippen LogP contribution in [-0.2, 0) is 11.3 Å². The van der Waals surface area contributed by atoms with E-state index in [1.807, 2.05) is 37.0 Å². The van der Waals surface area contributed by atoms with Gasteiger partial charge in [-0.15, -0.1) is 0 Å². The summed E-state index contributed by atoms with van der Waals surface area (Å²) in [4.78, 5) is 16.8. The maximum Gasteiger partial charge on any atom is 0.246 e. The molecule has 0 aliphatic carbocycles. The standard InChI is InChI=1S/C22H30N2O4/c1-17(4-3-5-18(2)15-25)12-22(26)24-10-8-23(9-11-24)14-19-6-7-20-21(13-19)28-16-27-20/h5-7,12-13,25H,3-4,8-11,14-16H2,1-2H3/b17-12+,18-5+. The molecule has 2 aliphatic heterocycles. The number of aliphatic hydroxyl groups excluding tert-OH is 1. The number of fused-ring (bicyclic) bond motifs is 1. The zero-order valence-corrected chi connectivity index (χ0v) is 16.8. The normalized spacial score (nSPS) is 17.9. The van der Waals surface area contributed by atoms with Crippen LogP contribution < -0.4 is 9.47 Å². The molecule has 6 heteroatoms. The molecule has 1 aromatic carbocycles. The molecule has 3 rings (SSSR count). The second-order valence-electron chi connectivity index (χ2n) is 7.53. The Morgan fingerprint density at radius 2 is 1.86 bits per heavy atom. The second-order valence-corrected chi connectivity index (χ2v) is 7.53. The third-order valence-corrected chi connectivity index (χ3v) is 5.18. The largest absolute Gasteiger partial charge is 0.454 e. The van der Waals surface area contributed by atoms with Crippen LogP contribution in [0.4, 0.5) is 0 Å². The highest BCUT2D eigenvalue weighted by Gasteiger charge is 2.21. The van der Waals surface area contributed by atoms with Crippen molar-refractivity contribution in [1.29, 1.82) is 0 Å². The lowest BCUT2D eigenvalue weighted by Gasteiger charge is -2.34. The van der Waals surface area contributed by atoms with E-state index < -0.39 is 0 Å². The van der Waals surface area contributed by atoms with Crippen molar-refractivity contribution in [3.63, 3.8) is 0 Å². The van der Waals surface area contributed by atoms with E-state index >= 15 is 0 Å². The molecule has 0 bridgehead atoms. The zero-order valence-electron chi connectivity index (χ0n) is 16.8. The molecule has 152 valence electrons. The first-order valence-corrected chi connectivity index (χ1v) is 9.88. The van der Waals surface area contributed by atoms with E-state index in [1.54, 1.807) is 6.08 Å². The summed E-state index contributed by atoms with van der Waals surface area (Å²) in [6.45, 7) is 8.37. The third kappa shape index (κ3) is 5.59. The predicted molar refractivity (Wildman–Crippen MR) is 108 cm³/mol. The summed E-state index contributed by atoms with van der Waals surface area (Å²) in [7, 11) is 0. The van der Waals surface area contributed by atoms with Crippen molar-refractivity contribution in [1.82, 2.24) is 9.80 Å². The minimum Gasteiger partial charge on any atom is -0.454 e. The molecule has 0 unspecified atom stereocenters. The number of aliphatic hydroxyl groups is 1. The van der Waals surface area contributed by atoms with Crippen LogP contribution in [0.3, 0.4) is 0 Å². The Bertz CT molecular complexity index is 749. The number of allylic oxidation sites excluding steroid dienone is 2. The molecular formula is C22H30N2O4. The number of hydrogen-bond acceptors (Lipinski definition) is 5. The van der Waals surface area contributed by atoms with Gasteiger partial charge in [-0.1, -0.05) is 23.3 Å². The van der Waals surface area contributed by atoms with Crippen LogP contribution in [0.1, 0.15) is 32.3 Å². The highest BCUT2D eigenvalue weighted by Crippen LogP contribution is 2.32. The second kappa shape index (κ2) is 9.75. The number of carbonyl (C=O) groups excluding carboxylic acids is 1. The van der Waals surface area contributed by atoms with E-state index in [0.29, 0.717) is 6.79 Å². The number of amides is 1. The molecule has 0 aromatic heterocycles. The Morgan fingerprint density at radius 3 is 2.61 bits per heavy atom. The number of rotatable bonds is 7. The molecule has 6 nitrogen and oxygen atoms in total. The number of nitrogens with zero attached hydrogens (tertiary/aromatic N) is 2. The maximum absolute atomic E-state index is 12.5. The quantitative estimate of drug-likeness (QED) is 0.577. The van der Waals surface area contributed by atoms with E-state index in [4.69, 9.17) is 14.6 Å². The molecule has 2 aliphatic rings. The van der Waals surface area contributed by atoms with Gasteiger partial charge in [0.05, 0.1) is 6.61 Å². The Balaban J connectivity index is 1.44. The molecule has 1 fully saturated rings. The van der Waals surface area contributed by atoms with E-state index in [-0.39, 0.29) is 12.5 Å². The highest BCUT2D eigenvalue weighted by molar-refractivity contribution is 5.88. The fourth-order valence-electron chi connectivity index (χ4n) is 3.41. The molecule has 0 spiro atoms. The highest BCUT2D eigenvalue weighted by atomic mass is 16.7. The smallest absolute Gasteiger partial charge is 0.246 e. The summed E-state index contributed by atoms with van der Waals surface area (Å²) < 4.78 is 10.8. The molecule has 2 heterocycles. The fourth-order valence-corrected chi connectivity index (χ4v) is 3.41. The van der Waals surface area contributed by atoms with Gasteiger partial charge >= 0.3 is 0 Å². The molecule has 1 N–H and O–H groups in total. The molecular weight excluding hydrogens is 356 g/mol. The summed E-state index contributed by atoms with van der Waals surface area (Å²) in [5.41, 5.74) is 3.25. The van der Waals surface area contributed by atoms with Crippen molar-refractivity contribution in [3.8, 4) is 11.5 Å². The molecule has 0 saturated carbocycles. The van der Waals surface area contributed by atoms with Gasteiger partial charge in [0, 0.05) is 38.8 Å². The van der Waals surface area contributed by atoms with Gasteiger partial charge in [0.1, 0.15) is 0 Å². The first-order valence-electron chi connectivity index (χ1n) is 9.88. The van der Waals surface area contributed by atoms with E-state index in [0.717, 1.165) is 68.2 Å². The van der Waals surface area contributed by atoms with E-state index in [9.17, 15) is 4.79 Å². The van der Waals surface area contributed by atoms with Crippen LogP contribution in [0.15, 0.2) is 41.5 Å². The average molecular weight is 386 g/mol. The number of benzene rings is 1. The topological polar surface area (TPSA) is 62.2 Å². The molecule has 28 heavy (non-hydrogen) atoms. The van der Waals surface area contributed by atoms with Gasteiger partial charge in [0.2, 0.25) is 12.7 Å². The molecule has 0 atom stereocenters. The van der Waals surface area contributed by atoms with Gasteiger partial charge in [0.15, 0.2) is 11.5 Å². The first-order chi connectivity index (χ1) is 13.5. The van der Waals surface area contributed by atoms with Gasteiger partial charge < -0.3 is 19.5 Å². The summed E-state index contributed by atoms with van der Waals surface area (Å²) in [5.74, 6) is 1.72. The van der Waals surface area contributed by atoms with Gasteiger partial charge in [-0.25, -0.2) is 0 Å². The summed E-state index contributed by atoms with van der Waals surface area (Å²) >= 11 is 0. The number of carbonyl (C=O) groups is 1. The van der Waals surface area contributed by atoms with Crippen molar-refractivity contribution in [2.24, 2.45) is 0 Å². The van der Waals surface area contributed by atoms with Gasteiger partial charge in [0.25, 0.3) is 0 Å². The minimum absolute atomic E-state index is 0.0955. The molecule has 0 radical (unpaired) electrons. The van der Waals surface area contributed by atoms with E-state index in [2.05, 4.69) is 11.0 Å². The van der Waals surface area contributed by atoms with Crippen LogP contribution in [0.25, 0.3) is 0 Å². The summed E-state index contributed by atoms with van der Waals surface area (Å²) in [6.07, 6.45) is 5.48. The third-order valence-electron chi connectivity index (χ3n) is 5.18. The Labute approximate surface area is 167 Å². The summed E-state index contributed by atoms with van der Waals surface area (Å²) in [5, 5.41) is 9.01. The molecule has 1 amide bonds. The lowest BCUT2D eigenvalue weighted by molar-refractivity contribution is -0.127.